The molecular weight excluding hydrogens is 280 g/mol. The van der Waals surface area contributed by atoms with Crippen LogP contribution in [0.2, 0.25) is 0 Å². The molecule has 0 saturated heterocycles. The molecule has 0 fully saturated rings. The molecule has 0 amide bonds. The second-order valence-corrected chi connectivity index (χ2v) is 5.08. The van der Waals surface area contributed by atoms with Gasteiger partial charge in [0.05, 0.1) is 0 Å². The van der Waals surface area contributed by atoms with Crippen LogP contribution in [0.15, 0.2) is 61.2 Å². The van der Waals surface area contributed by atoms with E-state index in [9.17, 15) is 0 Å². The number of benzene rings is 1. The lowest BCUT2D eigenvalue weighted by atomic mass is 10.1. The maximum Gasteiger partial charge on any atom is 0.141 e. The van der Waals surface area contributed by atoms with Gasteiger partial charge in [-0.3, -0.25) is 4.98 Å². The molecule has 0 radical (unpaired) electrons. The Bertz CT molecular complexity index is 765. The van der Waals surface area contributed by atoms with Crippen LogP contribution in [0, 0.1) is 0 Å². The van der Waals surface area contributed by atoms with Crippen LogP contribution in [0.4, 0.5) is 0 Å². The maximum absolute atomic E-state index is 5.79. The molecule has 21 heavy (non-hydrogen) atoms. The van der Waals surface area contributed by atoms with Gasteiger partial charge in [0.1, 0.15) is 10.8 Å². The van der Waals surface area contributed by atoms with Crippen molar-refractivity contribution in [2.45, 2.75) is 6.54 Å². The molecule has 0 atom stereocenters. The standard InChI is InChI=1S/C16H14N4S/c17-15(21)14-6-2-1-4-13(14)11-20-9-8-19-16(20)12-5-3-7-18-10-12/h1-10H,11H2,(H2,17,21). The van der Waals surface area contributed by atoms with E-state index in [0.29, 0.717) is 11.5 Å². The van der Waals surface area contributed by atoms with E-state index in [-0.39, 0.29) is 0 Å². The number of aromatic nitrogens is 3. The number of rotatable bonds is 4. The fourth-order valence-electron chi connectivity index (χ4n) is 2.27. The van der Waals surface area contributed by atoms with Crippen LogP contribution in [0.25, 0.3) is 11.4 Å². The van der Waals surface area contributed by atoms with Gasteiger partial charge in [0.2, 0.25) is 0 Å². The van der Waals surface area contributed by atoms with Crippen molar-refractivity contribution in [1.29, 1.82) is 0 Å². The predicted molar refractivity (Wildman–Crippen MR) is 86.9 cm³/mol. The Kier molecular flexibility index (Phi) is 3.75. The molecule has 2 heterocycles. The van der Waals surface area contributed by atoms with E-state index in [2.05, 4.69) is 14.5 Å². The molecular formula is C16H14N4S. The minimum absolute atomic E-state index is 0.411. The minimum atomic E-state index is 0.411. The van der Waals surface area contributed by atoms with Crippen LogP contribution >= 0.6 is 12.2 Å². The fourth-order valence-corrected chi connectivity index (χ4v) is 2.47. The van der Waals surface area contributed by atoms with Crippen molar-refractivity contribution in [2.75, 3.05) is 0 Å². The first-order valence-corrected chi connectivity index (χ1v) is 6.96. The Balaban J connectivity index is 1.98. The summed E-state index contributed by atoms with van der Waals surface area (Å²) >= 11 is 5.11. The van der Waals surface area contributed by atoms with Crippen molar-refractivity contribution in [1.82, 2.24) is 14.5 Å². The highest BCUT2D eigenvalue weighted by molar-refractivity contribution is 7.80. The second kappa shape index (κ2) is 5.85. The summed E-state index contributed by atoms with van der Waals surface area (Å²) in [6, 6.07) is 11.8. The Hall–Kier alpha value is -2.53. The van der Waals surface area contributed by atoms with Crippen molar-refractivity contribution < 1.29 is 0 Å². The Morgan fingerprint density at radius 2 is 2.00 bits per heavy atom. The first-order valence-electron chi connectivity index (χ1n) is 6.55. The molecule has 0 aliphatic heterocycles. The Morgan fingerprint density at radius 3 is 2.76 bits per heavy atom. The van der Waals surface area contributed by atoms with Gasteiger partial charge in [-0.1, -0.05) is 36.5 Å². The van der Waals surface area contributed by atoms with Crippen LogP contribution in [0.3, 0.4) is 0 Å². The SMILES string of the molecule is NC(=S)c1ccccc1Cn1ccnc1-c1cccnc1. The summed E-state index contributed by atoms with van der Waals surface area (Å²) in [5, 5.41) is 0. The van der Waals surface area contributed by atoms with Crippen molar-refractivity contribution in [2.24, 2.45) is 5.73 Å². The molecule has 4 nitrogen and oxygen atoms in total. The summed E-state index contributed by atoms with van der Waals surface area (Å²) in [5.74, 6) is 0.876. The van der Waals surface area contributed by atoms with Crippen LogP contribution in [-0.2, 0) is 6.54 Å². The topological polar surface area (TPSA) is 56.7 Å². The third-order valence-electron chi connectivity index (χ3n) is 3.26. The van der Waals surface area contributed by atoms with Crippen molar-refractivity contribution in [3.8, 4) is 11.4 Å². The van der Waals surface area contributed by atoms with Gasteiger partial charge >= 0.3 is 0 Å². The lowest BCUT2D eigenvalue weighted by Gasteiger charge is -2.11. The van der Waals surface area contributed by atoms with Crippen LogP contribution in [0.5, 0.6) is 0 Å². The number of imidazole rings is 1. The average molecular weight is 294 g/mol. The molecule has 0 unspecified atom stereocenters. The highest BCUT2D eigenvalue weighted by Crippen LogP contribution is 2.18. The molecule has 3 aromatic rings. The minimum Gasteiger partial charge on any atom is -0.389 e. The normalized spacial score (nSPS) is 10.5. The lowest BCUT2D eigenvalue weighted by molar-refractivity contribution is 0.805. The van der Waals surface area contributed by atoms with E-state index in [1.54, 1.807) is 18.6 Å². The summed E-state index contributed by atoms with van der Waals surface area (Å²) in [7, 11) is 0. The van der Waals surface area contributed by atoms with Gasteiger partial charge in [-0.15, -0.1) is 0 Å². The highest BCUT2D eigenvalue weighted by Gasteiger charge is 2.09. The smallest absolute Gasteiger partial charge is 0.141 e. The summed E-state index contributed by atoms with van der Waals surface area (Å²) in [6.45, 7) is 0.664. The van der Waals surface area contributed by atoms with E-state index in [0.717, 1.165) is 22.5 Å². The highest BCUT2D eigenvalue weighted by atomic mass is 32.1. The quantitative estimate of drug-likeness (QED) is 0.752. The van der Waals surface area contributed by atoms with Gasteiger partial charge in [0.15, 0.2) is 0 Å². The largest absolute Gasteiger partial charge is 0.389 e. The summed E-state index contributed by atoms with van der Waals surface area (Å²) < 4.78 is 2.06. The van der Waals surface area contributed by atoms with Crippen molar-refractivity contribution in [3.05, 3.63) is 72.3 Å². The molecule has 0 bridgehead atoms. The zero-order chi connectivity index (χ0) is 14.7. The molecule has 0 saturated carbocycles. The van der Waals surface area contributed by atoms with Gasteiger partial charge in [0.25, 0.3) is 0 Å². The first kappa shape index (κ1) is 13.5. The molecule has 0 spiro atoms. The van der Waals surface area contributed by atoms with E-state index < -0.39 is 0 Å². The van der Waals surface area contributed by atoms with Crippen LogP contribution in [0.1, 0.15) is 11.1 Å². The Morgan fingerprint density at radius 1 is 1.14 bits per heavy atom. The lowest BCUT2D eigenvalue weighted by Crippen LogP contribution is -2.14. The molecule has 0 aliphatic carbocycles. The molecule has 104 valence electrons. The number of hydrogen-bond acceptors (Lipinski definition) is 3. The van der Waals surface area contributed by atoms with E-state index in [1.165, 1.54) is 0 Å². The molecule has 3 rings (SSSR count). The van der Waals surface area contributed by atoms with E-state index in [1.807, 2.05) is 42.6 Å². The van der Waals surface area contributed by atoms with Gasteiger partial charge in [-0.25, -0.2) is 4.98 Å². The Labute approximate surface area is 128 Å². The summed E-state index contributed by atoms with van der Waals surface area (Å²) in [5.41, 5.74) is 8.75. The summed E-state index contributed by atoms with van der Waals surface area (Å²) in [4.78, 5) is 8.97. The first-order chi connectivity index (χ1) is 10.3. The van der Waals surface area contributed by atoms with Gasteiger partial charge in [-0.05, 0) is 17.7 Å². The molecule has 2 aromatic heterocycles. The van der Waals surface area contributed by atoms with Gasteiger partial charge < -0.3 is 10.3 Å². The molecule has 1 aromatic carbocycles. The van der Waals surface area contributed by atoms with E-state index in [4.69, 9.17) is 18.0 Å². The van der Waals surface area contributed by atoms with Gasteiger partial charge in [-0.2, -0.15) is 0 Å². The molecule has 0 aliphatic rings. The van der Waals surface area contributed by atoms with Crippen molar-refractivity contribution >= 4 is 17.2 Å². The maximum atomic E-state index is 5.79. The van der Waals surface area contributed by atoms with Gasteiger partial charge in [0, 0.05) is 42.5 Å². The fraction of sp³-hybridized carbons (Fsp3) is 0.0625. The third kappa shape index (κ3) is 2.83. The zero-order valence-corrected chi connectivity index (χ0v) is 12.1. The average Bonchev–Trinajstić information content (AvgIpc) is 2.96. The zero-order valence-electron chi connectivity index (χ0n) is 11.3. The van der Waals surface area contributed by atoms with Crippen LogP contribution < -0.4 is 5.73 Å². The predicted octanol–water partition coefficient (Wildman–Crippen LogP) is 2.63. The number of pyridine rings is 1. The number of nitrogens with zero attached hydrogens (tertiary/aromatic N) is 3. The van der Waals surface area contributed by atoms with E-state index >= 15 is 0 Å². The number of thiocarbonyl (C=S) groups is 1. The number of nitrogens with two attached hydrogens (primary N) is 1. The van der Waals surface area contributed by atoms with Crippen molar-refractivity contribution in [3.63, 3.8) is 0 Å². The summed E-state index contributed by atoms with van der Waals surface area (Å²) in [6.07, 6.45) is 7.28. The third-order valence-corrected chi connectivity index (χ3v) is 3.48. The molecule has 5 heteroatoms. The number of hydrogen-bond donors (Lipinski definition) is 1. The monoisotopic (exact) mass is 294 g/mol. The van der Waals surface area contributed by atoms with Crippen LogP contribution in [-0.4, -0.2) is 19.5 Å². The molecule has 2 N–H and O–H groups in total. The second-order valence-electron chi connectivity index (χ2n) is 4.64.